The van der Waals surface area contributed by atoms with Gasteiger partial charge in [0.2, 0.25) is 5.91 Å². The summed E-state index contributed by atoms with van der Waals surface area (Å²) >= 11 is 0. The second-order valence-electron chi connectivity index (χ2n) is 9.46. The van der Waals surface area contributed by atoms with Crippen LogP contribution in [0.4, 0.5) is 0 Å². The number of carbonyl (C=O) groups excluding carboxylic acids is 2. The Labute approximate surface area is 183 Å². The molecule has 0 radical (unpaired) electrons. The molecule has 0 saturated carbocycles. The molecule has 2 N–H and O–H groups in total. The molecule has 2 aromatic rings. The number of aromatic amines is 1. The molecule has 2 aliphatic heterocycles. The third-order valence-electron chi connectivity index (χ3n) is 6.78. The van der Waals surface area contributed by atoms with Crippen molar-refractivity contribution in [1.82, 2.24) is 30.4 Å². The first-order chi connectivity index (χ1) is 14.8. The van der Waals surface area contributed by atoms with Crippen LogP contribution in [0.15, 0.2) is 18.3 Å². The van der Waals surface area contributed by atoms with Gasteiger partial charge >= 0.3 is 0 Å². The minimum atomic E-state index is -0.556. The zero-order chi connectivity index (χ0) is 22.2. The summed E-state index contributed by atoms with van der Waals surface area (Å²) in [6.07, 6.45) is 5.93. The molecule has 2 saturated heterocycles. The van der Waals surface area contributed by atoms with Gasteiger partial charge in [0.05, 0.1) is 17.7 Å². The van der Waals surface area contributed by atoms with Crippen LogP contribution in [-0.2, 0) is 11.3 Å². The van der Waals surface area contributed by atoms with E-state index in [1.165, 1.54) is 0 Å². The summed E-state index contributed by atoms with van der Waals surface area (Å²) in [5.74, 6) is 1.06. The smallest absolute Gasteiger partial charge is 0.273 e. The monoisotopic (exact) mass is 424 g/mol. The van der Waals surface area contributed by atoms with E-state index in [-0.39, 0.29) is 23.9 Å². The second kappa shape index (κ2) is 8.40. The van der Waals surface area contributed by atoms with Crippen LogP contribution in [0.3, 0.4) is 0 Å². The number of nitrogens with one attached hydrogen (secondary N) is 2. The Morgan fingerprint density at radius 1 is 1.29 bits per heavy atom. The zero-order valence-electron chi connectivity index (χ0n) is 18.8. The molecule has 2 amide bonds. The van der Waals surface area contributed by atoms with Crippen LogP contribution in [0.5, 0.6) is 0 Å². The van der Waals surface area contributed by atoms with Gasteiger partial charge in [0.25, 0.3) is 5.91 Å². The fourth-order valence-corrected chi connectivity index (χ4v) is 5.36. The molecule has 2 aromatic heterocycles. The highest BCUT2D eigenvalue weighted by Crippen LogP contribution is 2.53. The average Bonchev–Trinajstić information content (AvgIpc) is 3.45. The second-order valence-corrected chi connectivity index (χ2v) is 9.46. The standard InChI is InChI=1S/C23H32N6O2/c1-14(2)7-9-23(22(31)24-13-17-8-10-25-28-17)12-18-5-6-20(23)29(18)21(30)19-11-15(3)26-16(4)27-19/h8,10-11,14,18,20H,5-7,9,12-13H2,1-4H3,(H,24,31)(H,25,28)/t18-,20+,23+/m1/s1. The molecule has 2 fully saturated rings. The SMILES string of the molecule is Cc1cc(C(=O)N2[C@@H]3CC[C@H]2[C@@](CCC(C)C)(C(=O)NCc2ccn[nH]2)C3)nc(C)n1. The number of carbonyl (C=O) groups is 2. The van der Waals surface area contributed by atoms with Crippen molar-refractivity contribution in [2.45, 2.75) is 78.4 Å². The van der Waals surface area contributed by atoms with Gasteiger partial charge in [0, 0.05) is 24.0 Å². The summed E-state index contributed by atoms with van der Waals surface area (Å²) in [6, 6.07) is 3.60. The summed E-state index contributed by atoms with van der Waals surface area (Å²) < 4.78 is 0. The van der Waals surface area contributed by atoms with Crippen LogP contribution in [0, 0.1) is 25.2 Å². The molecule has 8 nitrogen and oxygen atoms in total. The fourth-order valence-electron chi connectivity index (χ4n) is 5.36. The molecule has 4 rings (SSSR count). The summed E-state index contributed by atoms with van der Waals surface area (Å²) in [4.78, 5) is 37.7. The first-order valence-corrected chi connectivity index (χ1v) is 11.2. The lowest BCUT2D eigenvalue weighted by molar-refractivity contribution is -0.133. The van der Waals surface area contributed by atoms with Gasteiger partial charge < -0.3 is 10.2 Å². The van der Waals surface area contributed by atoms with E-state index >= 15 is 0 Å². The number of aryl methyl sites for hydroxylation is 2. The lowest BCUT2D eigenvalue weighted by atomic mass is 9.69. The maximum absolute atomic E-state index is 13.6. The topological polar surface area (TPSA) is 104 Å². The number of fused-ring (bicyclic) bond motifs is 2. The first-order valence-electron chi connectivity index (χ1n) is 11.2. The lowest BCUT2D eigenvalue weighted by Gasteiger charge is -2.36. The van der Waals surface area contributed by atoms with Gasteiger partial charge in [0.1, 0.15) is 11.5 Å². The normalized spacial score (nSPS) is 24.7. The highest BCUT2D eigenvalue weighted by Gasteiger charge is 2.60. The number of rotatable bonds is 7. The van der Waals surface area contributed by atoms with E-state index in [0.717, 1.165) is 37.1 Å². The lowest BCUT2D eigenvalue weighted by Crippen LogP contribution is -2.50. The number of hydrogen-bond acceptors (Lipinski definition) is 5. The minimum absolute atomic E-state index is 0.0443. The van der Waals surface area contributed by atoms with Crippen molar-refractivity contribution >= 4 is 11.8 Å². The van der Waals surface area contributed by atoms with Crippen molar-refractivity contribution in [2.24, 2.45) is 11.3 Å². The van der Waals surface area contributed by atoms with Crippen LogP contribution in [-0.4, -0.2) is 49.0 Å². The summed E-state index contributed by atoms with van der Waals surface area (Å²) in [5, 5.41) is 9.97. The molecule has 8 heteroatoms. The molecule has 0 spiro atoms. The van der Waals surface area contributed by atoms with Crippen molar-refractivity contribution in [3.63, 3.8) is 0 Å². The molecule has 0 unspecified atom stereocenters. The minimum Gasteiger partial charge on any atom is -0.350 e. The van der Waals surface area contributed by atoms with Crippen molar-refractivity contribution in [2.75, 3.05) is 0 Å². The molecule has 3 atom stereocenters. The Kier molecular flexibility index (Phi) is 5.81. The summed E-state index contributed by atoms with van der Waals surface area (Å²) in [7, 11) is 0. The molecule has 166 valence electrons. The summed E-state index contributed by atoms with van der Waals surface area (Å²) in [6.45, 7) is 8.45. The molecule has 0 aromatic carbocycles. The molecule has 2 aliphatic rings. The Balaban J connectivity index is 1.60. The van der Waals surface area contributed by atoms with Crippen LogP contribution < -0.4 is 5.32 Å². The number of aromatic nitrogens is 4. The number of nitrogens with zero attached hydrogens (tertiary/aromatic N) is 4. The van der Waals surface area contributed by atoms with E-state index in [2.05, 4.69) is 39.3 Å². The van der Waals surface area contributed by atoms with E-state index < -0.39 is 5.41 Å². The summed E-state index contributed by atoms with van der Waals surface area (Å²) in [5.41, 5.74) is 1.53. The van der Waals surface area contributed by atoms with Crippen LogP contribution in [0.2, 0.25) is 0 Å². The molecule has 4 heterocycles. The van der Waals surface area contributed by atoms with Gasteiger partial charge in [-0.2, -0.15) is 5.10 Å². The highest BCUT2D eigenvalue weighted by atomic mass is 16.2. The molecule has 31 heavy (non-hydrogen) atoms. The largest absolute Gasteiger partial charge is 0.350 e. The molecular weight excluding hydrogens is 392 g/mol. The predicted octanol–water partition coefficient (Wildman–Crippen LogP) is 2.93. The molecular formula is C23H32N6O2. The van der Waals surface area contributed by atoms with Gasteiger partial charge in [-0.05, 0) is 64.0 Å². The van der Waals surface area contributed by atoms with E-state index in [1.54, 1.807) is 19.2 Å². The third-order valence-corrected chi connectivity index (χ3v) is 6.78. The maximum Gasteiger partial charge on any atom is 0.273 e. The van der Waals surface area contributed by atoms with E-state index in [9.17, 15) is 9.59 Å². The van der Waals surface area contributed by atoms with Gasteiger partial charge in [0.15, 0.2) is 0 Å². The van der Waals surface area contributed by atoms with E-state index in [1.807, 2.05) is 17.9 Å². The van der Waals surface area contributed by atoms with Crippen LogP contribution >= 0.6 is 0 Å². The Morgan fingerprint density at radius 3 is 2.77 bits per heavy atom. The Bertz CT molecular complexity index is 937. The Hall–Kier alpha value is -2.77. The van der Waals surface area contributed by atoms with Gasteiger partial charge in [-0.25, -0.2) is 9.97 Å². The maximum atomic E-state index is 13.6. The van der Waals surface area contributed by atoms with E-state index in [4.69, 9.17) is 0 Å². The fraction of sp³-hybridized carbons (Fsp3) is 0.609. The van der Waals surface area contributed by atoms with Crippen molar-refractivity contribution in [3.8, 4) is 0 Å². The number of hydrogen-bond donors (Lipinski definition) is 2. The van der Waals surface area contributed by atoms with Crippen molar-refractivity contribution in [3.05, 3.63) is 41.2 Å². The Morgan fingerprint density at radius 2 is 2.10 bits per heavy atom. The predicted molar refractivity (Wildman–Crippen MR) is 116 cm³/mol. The quantitative estimate of drug-likeness (QED) is 0.711. The van der Waals surface area contributed by atoms with Crippen molar-refractivity contribution in [1.29, 1.82) is 0 Å². The zero-order valence-corrected chi connectivity index (χ0v) is 18.8. The number of H-pyrrole nitrogens is 1. The first kappa shape index (κ1) is 21.5. The molecule has 0 aliphatic carbocycles. The van der Waals surface area contributed by atoms with Crippen LogP contribution in [0.25, 0.3) is 0 Å². The highest BCUT2D eigenvalue weighted by molar-refractivity contribution is 5.95. The van der Waals surface area contributed by atoms with E-state index in [0.29, 0.717) is 30.4 Å². The number of amides is 2. The van der Waals surface area contributed by atoms with Gasteiger partial charge in [-0.3, -0.25) is 14.7 Å². The third kappa shape index (κ3) is 4.07. The van der Waals surface area contributed by atoms with Gasteiger partial charge in [-0.1, -0.05) is 13.8 Å². The van der Waals surface area contributed by atoms with Crippen LogP contribution in [0.1, 0.15) is 73.7 Å². The molecule has 2 bridgehead atoms. The van der Waals surface area contributed by atoms with Gasteiger partial charge in [-0.15, -0.1) is 0 Å². The van der Waals surface area contributed by atoms with Crippen molar-refractivity contribution < 1.29 is 9.59 Å². The average molecular weight is 425 g/mol.